The Morgan fingerprint density at radius 2 is 0.680 bits per heavy atom. The summed E-state index contributed by atoms with van der Waals surface area (Å²) in [5.74, 6) is 0. The highest BCUT2D eigenvalue weighted by molar-refractivity contribution is 5.84. The molecule has 0 unspecified atom stereocenters. The fourth-order valence-electron chi connectivity index (χ4n) is 6.90. The minimum absolute atomic E-state index is 0.127. The normalized spacial score (nSPS) is 11.2. The zero-order chi connectivity index (χ0) is 36.2. The maximum absolute atomic E-state index is 2.75. The summed E-state index contributed by atoms with van der Waals surface area (Å²) in [4.78, 5) is 2.41. The highest BCUT2D eigenvalue weighted by atomic mass is 15.1. The van der Waals surface area contributed by atoms with E-state index in [1.54, 1.807) is 0 Å². The van der Waals surface area contributed by atoms with Gasteiger partial charge in [0.15, 0.2) is 0 Å². The molecule has 6 rings (SSSR count). The van der Waals surface area contributed by atoms with Gasteiger partial charge in [0.25, 0.3) is 0 Å². The summed E-state index contributed by atoms with van der Waals surface area (Å²) in [6.07, 6.45) is 0. The lowest BCUT2D eigenvalue weighted by molar-refractivity contribution is 0.590. The van der Waals surface area contributed by atoms with E-state index in [0.29, 0.717) is 0 Å². The van der Waals surface area contributed by atoms with Gasteiger partial charge in [0.05, 0.1) is 0 Å². The van der Waals surface area contributed by atoms with Crippen LogP contribution in [0.2, 0.25) is 0 Å². The number of anilines is 3. The van der Waals surface area contributed by atoms with Crippen molar-refractivity contribution in [3.05, 3.63) is 160 Å². The minimum Gasteiger partial charge on any atom is -0.323 e. The van der Waals surface area contributed by atoms with Crippen LogP contribution < -0.4 is 10.2 Å². The van der Waals surface area contributed by atoms with Crippen molar-refractivity contribution in [3.63, 3.8) is 0 Å². The Hall–Kier alpha value is -4.92. The lowest BCUT2D eigenvalue weighted by Gasteiger charge is -2.28. The van der Waals surface area contributed by atoms with Crippen LogP contribution >= 0.6 is 0 Å². The predicted molar refractivity (Wildman–Crippen MR) is 220 cm³/mol. The largest absolute Gasteiger partial charge is 0.323 e. The molecule has 0 spiro atoms. The van der Waals surface area contributed by atoms with E-state index in [1.165, 1.54) is 72.3 Å². The second-order valence-electron chi connectivity index (χ2n) is 14.7. The van der Waals surface area contributed by atoms with Crippen LogP contribution in [0.4, 0.5) is 17.1 Å². The molecule has 0 aliphatic rings. The van der Waals surface area contributed by atoms with Gasteiger partial charge in [-0.25, -0.2) is 0 Å². The molecule has 0 atom stereocenters. The highest BCUT2D eigenvalue weighted by Crippen LogP contribution is 2.41. The summed E-state index contributed by atoms with van der Waals surface area (Å²) in [5.41, 5.74) is 20.3. The van der Waals surface area contributed by atoms with Gasteiger partial charge < -0.3 is 10.2 Å². The smallest absolute Gasteiger partial charge is 0.0464 e. The topological polar surface area (TPSA) is 15.3 Å². The molecule has 6 aromatic carbocycles. The van der Waals surface area contributed by atoms with Crippen LogP contribution in [-0.2, 0) is 5.41 Å². The van der Waals surface area contributed by atoms with Crippen LogP contribution in [0.25, 0.3) is 33.4 Å². The van der Waals surface area contributed by atoms with Gasteiger partial charge in [-0.2, -0.15) is 0 Å². The molecule has 0 saturated heterocycles. The fourth-order valence-corrected chi connectivity index (χ4v) is 6.90. The summed E-state index contributed by atoms with van der Waals surface area (Å²) in [7, 11) is 3.75. The van der Waals surface area contributed by atoms with E-state index >= 15 is 0 Å². The van der Waals surface area contributed by atoms with Gasteiger partial charge in [0.2, 0.25) is 0 Å². The second kappa shape index (κ2) is 15.3. The molecule has 1 N–H and O–H groups in total. The SMILES string of the molecule is CNC.Cc1ccccc1-c1ccc(N(c2ccc(-c3ccccc3C)c(C)c2)c2ccc(-c3ccc(C(C)(C)C)cc3C)c(C)c2)cc1C. The molecule has 0 aromatic heterocycles. The van der Waals surface area contributed by atoms with Gasteiger partial charge in [-0.1, -0.05) is 106 Å². The minimum atomic E-state index is 0.127. The summed E-state index contributed by atoms with van der Waals surface area (Å²) >= 11 is 0. The molecule has 50 heavy (non-hydrogen) atoms. The van der Waals surface area contributed by atoms with Crippen molar-refractivity contribution in [1.82, 2.24) is 5.32 Å². The summed E-state index contributed by atoms with van der Waals surface area (Å²) in [5, 5.41) is 2.75. The van der Waals surface area contributed by atoms with Crippen LogP contribution in [0.3, 0.4) is 0 Å². The van der Waals surface area contributed by atoms with Gasteiger partial charge >= 0.3 is 0 Å². The maximum Gasteiger partial charge on any atom is 0.0464 e. The third kappa shape index (κ3) is 7.77. The monoisotopic (exact) mass is 658 g/mol. The van der Waals surface area contributed by atoms with E-state index in [1.807, 2.05) is 14.1 Å². The molecule has 0 saturated carbocycles. The van der Waals surface area contributed by atoms with Gasteiger partial charge in [-0.05, 0) is 170 Å². The lowest BCUT2D eigenvalue weighted by atomic mass is 9.84. The molecule has 0 aliphatic heterocycles. The zero-order valence-electron chi connectivity index (χ0n) is 32.0. The Bertz CT molecular complexity index is 2020. The van der Waals surface area contributed by atoms with Crippen LogP contribution in [0.1, 0.15) is 59.7 Å². The number of hydrogen-bond acceptors (Lipinski definition) is 2. The van der Waals surface area contributed by atoms with Crippen molar-refractivity contribution >= 4 is 17.1 Å². The summed E-state index contributed by atoms with van der Waals surface area (Å²) in [6, 6.07) is 45.0. The first-order valence-electron chi connectivity index (χ1n) is 17.8. The van der Waals surface area contributed by atoms with Crippen molar-refractivity contribution in [3.8, 4) is 33.4 Å². The highest BCUT2D eigenvalue weighted by Gasteiger charge is 2.19. The Kier molecular flexibility index (Phi) is 11.1. The first kappa shape index (κ1) is 36.4. The average molecular weight is 659 g/mol. The number of hydrogen-bond donors (Lipinski definition) is 1. The third-order valence-corrected chi connectivity index (χ3v) is 9.66. The fraction of sp³-hybridized carbons (Fsp3) is 0.250. The Balaban J connectivity index is 0.00000156. The van der Waals surface area contributed by atoms with E-state index < -0.39 is 0 Å². The third-order valence-electron chi connectivity index (χ3n) is 9.66. The predicted octanol–water partition coefficient (Wildman–Crippen LogP) is 13.1. The maximum atomic E-state index is 2.75. The molecule has 0 amide bonds. The standard InChI is InChI=1S/C46H47N.C2H7N/c1-30-14-10-12-16-40(30)43-23-19-37(27-33(43)4)47(38-20-24-44(34(5)28-38)41-17-13-11-15-31(41)2)39-21-25-45(35(6)29-39)42-22-18-36(26-32(42)3)46(7,8)9;1-3-2/h10-29H,1-9H3;3H,1-2H3. The molecular weight excluding hydrogens is 605 g/mol. The van der Waals surface area contributed by atoms with Crippen molar-refractivity contribution in [2.75, 3.05) is 19.0 Å². The van der Waals surface area contributed by atoms with Crippen LogP contribution in [-0.4, -0.2) is 14.1 Å². The van der Waals surface area contributed by atoms with Crippen molar-refractivity contribution in [1.29, 1.82) is 0 Å². The number of benzene rings is 6. The summed E-state index contributed by atoms with van der Waals surface area (Å²) < 4.78 is 0. The quantitative estimate of drug-likeness (QED) is 0.192. The van der Waals surface area contributed by atoms with E-state index in [9.17, 15) is 0 Å². The number of rotatable bonds is 6. The lowest BCUT2D eigenvalue weighted by Crippen LogP contribution is -2.12. The molecule has 0 bridgehead atoms. The number of nitrogens with zero attached hydrogens (tertiary/aromatic N) is 1. The Morgan fingerprint density at radius 1 is 0.380 bits per heavy atom. The van der Waals surface area contributed by atoms with E-state index in [4.69, 9.17) is 0 Å². The van der Waals surface area contributed by atoms with Gasteiger partial charge in [0, 0.05) is 17.1 Å². The molecule has 2 heteroatoms. The number of nitrogens with one attached hydrogen (secondary N) is 1. The Morgan fingerprint density at radius 3 is 0.980 bits per heavy atom. The molecule has 2 nitrogen and oxygen atoms in total. The average Bonchev–Trinajstić information content (AvgIpc) is 3.06. The van der Waals surface area contributed by atoms with Gasteiger partial charge in [0.1, 0.15) is 0 Å². The van der Waals surface area contributed by atoms with E-state index in [-0.39, 0.29) is 5.41 Å². The van der Waals surface area contributed by atoms with Gasteiger partial charge in [-0.3, -0.25) is 0 Å². The Labute approximate surface area is 301 Å². The molecule has 0 radical (unpaired) electrons. The van der Waals surface area contributed by atoms with Crippen LogP contribution in [0.15, 0.2) is 121 Å². The second-order valence-corrected chi connectivity index (χ2v) is 14.7. The molecule has 6 aromatic rings. The van der Waals surface area contributed by atoms with Crippen molar-refractivity contribution < 1.29 is 0 Å². The number of aryl methyl sites for hydroxylation is 6. The summed E-state index contributed by atoms with van der Waals surface area (Å²) in [6.45, 7) is 20.2. The first-order valence-corrected chi connectivity index (χ1v) is 17.8. The molecular formula is C48H54N2. The van der Waals surface area contributed by atoms with Gasteiger partial charge in [-0.15, -0.1) is 0 Å². The van der Waals surface area contributed by atoms with E-state index in [2.05, 4.69) is 194 Å². The first-order chi connectivity index (χ1) is 23.8. The van der Waals surface area contributed by atoms with Crippen LogP contribution in [0.5, 0.6) is 0 Å². The molecule has 0 heterocycles. The van der Waals surface area contributed by atoms with Crippen molar-refractivity contribution in [2.45, 2.75) is 67.7 Å². The van der Waals surface area contributed by atoms with Crippen LogP contribution in [0, 0.1) is 41.5 Å². The molecule has 0 fully saturated rings. The zero-order valence-corrected chi connectivity index (χ0v) is 32.0. The van der Waals surface area contributed by atoms with E-state index in [0.717, 1.165) is 17.1 Å². The molecule has 256 valence electrons. The van der Waals surface area contributed by atoms with Crippen molar-refractivity contribution in [2.24, 2.45) is 0 Å². The molecule has 0 aliphatic carbocycles.